The molecule has 0 spiro atoms. The first-order valence-electron chi connectivity index (χ1n) is 8.63. The molecule has 1 amide bonds. The van der Waals surface area contributed by atoms with Crippen LogP contribution in [0.25, 0.3) is 10.9 Å². The molecule has 5 heteroatoms. The van der Waals surface area contributed by atoms with Crippen molar-refractivity contribution >= 4 is 28.6 Å². The monoisotopic (exact) mass is 366 g/mol. The number of aryl methyl sites for hydroxylation is 2. The van der Waals surface area contributed by atoms with E-state index in [9.17, 15) is 9.18 Å². The lowest BCUT2D eigenvalue weighted by molar-refractivity contribution is 0.0934. The molecule has 0 aliphatic carbocycles. The zero-order valence-corrected chi connectivity index (χ0v) is 15.5. The van der Waals surface area contributed by atoms with E-state index in [1.807, 2.05) is 44.2 Å². The summed E-state index contributed by atoms with van der Waals surface area (Å²) in [5, 5.41) is 4.02. The van der Waals surface area contributed by atoms with Crippen molar-refractivity contribution in [1.29, 1.82) is 0 Å². The summed E-state index contributed by atoms with van der Waals surface area (Å²) < 4.78 is 14.0. The molecule has 132 valence electrons. The van der Waals surface area contributed by atoms with Crippen molar-refractivity contribution in [1.82, 2.24) is 10.3 Å². The Bertz CT molecular complexity index is 1020. The number of carbonyl (C=O) groups excluding carboxylic acids is 1. The SMILES string of the molecule is Cc1ccc2cc(C(=O)N[C@@H]3CCSc4c(F)cccc43)c(C)nc2c1. The number of benzene rings is 2. The predicted octanol–water partition coefficient (Wildman–Crippen LogP) is 4.96. The van der Waals surface area contributed by atoms with Crippen molar-refractivity contribution in [3.63, 3.8) is 0 Å². The first-order valence-corrected chi connectivity index (χ1v) is 9.61. The lowest BCUT2D eigenvalue weighted by atomic mass is 10.0. The van der Waals surface area contributed by atoms with Gasteiger partial charge in [-0.2, -0.15) is 0 Å². The highest BCUT2D eigenvalue weighted by molar-refractivity contribution is 7.99. The van der Waals surface area contributed by atoms with Gasteiger partial charge in [-0.15, -0.1) is 11.8 Å². The number of fused-ring (bicyclic) bond motifs is 2. The van der Waals surface area contributed by atoms with Crippen LogP contribution < -0.4 is 5.32 Å². The topological polar surface area (TPSA) is 42.0 Å². The first kappa shape index (κ1) is 17.0. The molecule has 3 nitrogen and oxygen atoms in total. The number of carbonyl (C=O) groups is 1. The van der Waals surface area contributed by atoms with E-state index >= 15 is 0 Å². The van der Waals surface area contributed by atoms with Crippen LogP contribution in [0.4, 0.5) is 4.39 Å². The van der Waals surface area contributed by atoms with Gasteiger partial charge in [-0.05, 0) is 49.6 Å². The van der Waals surface area contributed by atoms with Gasteiger partial charge in [0.15, 0.2) is 0 Å². The Kier molecular flexibility index (Phi) is 4.41. The maximum atomic E-state index is 14.0. The van der Waals surface area contributed by atoms with Crippen LogP contribution in [0.15, 0.2) is 47.4 Å². The van der Waals surface area contributed by atoms with E-state index in [1.165, 1.54) is 17.8 Å². The zero-order valence-electron chi connectivity index (χ0n) is 14.7. The number of thioether (sulfide) groups is 1. The van der Waals surface area contributed by atoms with Gasteiger partial charge in [0.1, 0.15) is 5.82 Å². The molecular formula is C21H19FN2OS. The molecule has 0 saturated carbocycles. The fourth-order valence-corrected chi connectivity index (χ4v) is 4.52. The van der Waals surface area contributed by atoms with Crippen LogP contribution in [0.2, 0.25) is 0 Å². The van der Waals surface area contributed by atoms with E-state index in [-0.39, 0.29) is 17.8 Å². The average molecular weight is 366 g/mol. The first-order chi connectivity index (χ1) is 12.5. The van der Waals surface area contributed by atoms with Crippen molar-refractivity contribution in [2.75, 3.05) is 5.75 Å². The van der Waals surface area contributed by atoms with Gasteiger partial charge in [0.2, 0.25) is 0 Å². The molecule has 0 unspecified atom stereocenters. The summed E-state index contributed by atoms with van der Waals surface area (Å²) in [6, 6.07) is 12.8. The van der Waals surface area contributed by atoms with Gasteiger partial charge in [-0.3, -0.25) is 9.78 Å². The maximum absolute atomic E-state index is 14.0. The molecule has 1 N–H and O–H groups in total. The van der Waals surface area contributed by atoms with E-state index in [0.29, 0.717) is 16.2 Å². The highest BCUT2D eigenvalue weighted by Crippen LogP contribution is 2.37. The predicted molar refractivity (Wildman–Crippen MR) is 103 cm³/mol. The van der Waals surface area contributed by atoms with Gasteiger partial charge in [-0.1, -0.05) is 24.3 Å². The van der Waals surface area contributed by atoms with Crippen LogP contribution in [-0.4, -0.2) is 16.6 Å². The second-order valence-corrected chi connectivity index (χ2v) is 7.74. The summed E-state index contributed by atoms with van der Waals surface area (Å²) in [5.74, 6) is 0.405. The van der Waals surface area contributed by atoms with Crippen LogP contribution in [0.3, 0.4) is 0 Å². The van der Waals surface area contributed by atoms with Gasteiger partial charge in [0.25, 0.3) is 5.91 Å². The molecule has 0 fully saturated rings. The number of aromatic nitrogens is 1. The maximum Gasteiger partial charge on any atom is 0.253 e. The Morgan fingerprint density at radius 3 is 2.92 bits per heavy atom. The number of hydrogen-bond donors (Lipinski definition) is 1. The molecular weight excluding hydrogens is 347 g/mol. The lowest BCUT2D eigenvalue weighted by Crippen LogP contribution is -2.31. The molecule has 0 bridgehead atoms. The number of halogens is 1. The second kappa shape index (κ2) is 6.72. The zero-order chi connectivity index (χ0) is 18.3. The smallest absolute Gasteiger partial charge is 0.253 e. The third-order valence-corrected chi connectivity index (χ3v) is 5.90. The summed E-state index contributed by atoms with van der Waals surface area (Å²) in [6.07, 6.45) is 0.784. The number of pyridine rings is 1. The summed E-state index contributed by atoms with van der Waals surface area (Å²) >= 11 is 1.51. The Labute approximate surface area is 156 Å². The quantitative estimate of drug-likeness (QED) is 0.697. The number of nitrogens with one attached hydrogen (secondary N) is 1. The third kappa shape index (κ3) is 3.07. The van der Waals surface area contributed by atoms with Crippen molar-refractivity contribution in [3.05, 3.63) is 70.7 Å². The van der Waals surface area contributed by atoms with Gasteiger partial charge in [0, 0.05) is 16.0 Å². The van der Waals surface area contributed by atoms with Crippen molar-refractivity contribution in [2.45, 2.75) is 31.2 Å². The van der Waals surface area contributed by atoms with E-state index in [0.717, 1.165) is 34.2 Å². The van der Waals surface area contributed by atoms with Gasteiger partial charge >= 0.3 is 0 Å². The minimum atomic E-state index is -0.217. The molecule has 0 saturated heterocycles. The summed E-state index contributed by atoms with van der Waals surface area (Å²) in [7, 11) is 0. The number of hydrogen-bond acceptors (Lipinski definition) is 3. The Morgan fingerprint density at radius 2 is 2.08 bits per heavy atom. The molecule has 26 heavy (non-hydrogen) atoms. The van der Waals surface area contributed by atoms with Gasteiger partial charge in [-0.25, -0.2) is 4.39 Å². The van der Waals surface area contributed by atoms with E-state index in [4.69, 9.17) is 0 Å². The fraction of sp³-hybridized carbons (Fsp3) is 0.238. The van der Waals surface area contributed by atoms with Gasteiger partial charge < -0.3 is 5.32 Å². The summed E-state index contributed by atoms with van der Waals surface area (Å²) in [6.45, 7) is 3.87. The van der Waals surface area contributed by atoms with Crippen molar-refractivity contribution < 1.29 is 9.18 Å². The standard InChI is InChI=1S/C21H19FN2OS/c1-12-6-7-14-11-16(13(2)23-19(14)10-12)21(25)24-18-8-9-26-20-15(18)4-3-5-17(20)22/h3-7,10-11,18H,8-9H2,1-2H3,(H,24,25)/t18-/m1/s1. The highest BCUT2D eigenvalue weighted by Gasteiger charge is 2.25. The van der Waals surface area contributed by atoms with Crippen molar-refractivity contribution in [3.8, 4) is 0 Å². The molecule has 1 aliphatic rings. The minimum absolute atomic E-state index is 0.162. The van der Waals surface area contributed by atoms with Crippen LogP contribution in [0.5, 0.6) is 0 Å². The number of amides is 1. The van der Waals surface area contributed by atoms with Gasteiger partial charge in [0.05, 0.1) is 22.8 Å². The second-order valence-electron chi connectivity index (χ2n) is 6.64. The van der Waals surface area contributed by atoms with Crippen LogP contribution in [-0.2, 0) is 0 Å². The fourth-order valence-electron chi connectivity index (χ4n) is 3.38. The molecule has 3 aromatic rings. The molecule has 1 aromatic heterocycles. The molecule has 1 atom stereocenters. The Balaban J connectivity index is 1.66. The summed E-state index contributed by atoms with van der Waals surface area (Å²) in [4.78, 5) is 18.1. The molecule has 0 radical (unpaired) electrons. The molecule has 1 aliphatic heterocycles. The van der Waals surface area contributed by atoms with E-state index < -0.39 is 0 Å². The number of rotatable bonds is 2. The molecule has 4 rings (SSSR count). The highest BCUT2D eigenvalue weighted by atomic mass is 32.2. The van der Waals surface area contributed by atoms with Crippen LogP contribution in [0, 0.1) is 19.7 Å². The largest absolute Gasteiger partial charge is 0.345 e. The molecule has 2 heterocycles. The minimum Gasteiger partial charge on any atom is -0.345 e. The summed E-state index contributed by atoms with van der Waals surface area (Å²) in [5.41, 5.74) is 4.15. The number of nitrogens with zero attached hydrogens (tertiary/aromatic N) is 1. The van der Waals surface area contributed by atoms with E-state index in [1.54, 1.807) is 6.07 Å². The van der Waals surface area contributed by atoms with Crippen LogP contribution >= 0.6 is 11.8 Å². The molecule has 2 aromatic carbocycles. The average Bonchev–Trinajstić information content (AvgIpc) is 2.62. The lowest BCUT2D eigenvalue weighted by Gasteiger charge is -2.26. The van der Waals surface area contributed by atoms with Crippen LogP contribution in [0.1, 0.15) is 39.6 Å². The third-order valence-electron chi connectivity index (χ3n) is 4.74. The normalized spacial score (nSPS) is 16.3. The Morgan fingerprint density at radius 1 is 1.23 bits per heavy atom. The van der Waals surface area contributed by atoms with E-state index in [2.05, 4.69) is 10.3 Å². The van der Waals surface area contributed by atoms with Crippen molar-refractivity contribution in [2.24, 2.45) is 0 Å². The Hall–Kier alpha value is -2.40.